The van der Waals surface area contributed by atoms with Crippen LogP contribution in [0.1, 0.15) is 36.9 Å². The number of amides is 1. The molecule has 0 bridgehead atoms. The SMILES string of the molecule is C[C@@H]1C(NC(=O)OCc2ccccc2)c2cc[nH]c(=O)c2N[C@H]1C1CC1. The van der Waals surface area contributed by atoms with E-state index in [0.29, 0.717) is 11.6 Å². The molecule has 3 N–H and O–H groups in total. The number of nitrogens with one attached hydrogen (secondary N) is 3. The second-order valence-electron chi connectivity index (χ2n) is 7.19. The number of hydrogen-bond acceptors (Lipinski definition) is 4. The number of aromatic nitrogens is 1. The Labute approximate surface area is 152 Å². The van der Waals surface area contributed by atoms with Crippen LogP contribution >= 0.6 is 0 Å². The monoisotopic (exact) mass is 353 g/mol. The van der Waals surface area contributed by atoms with Crippen LogP contribution in [0.25, 0.3) is 0 Å². The lowest BCUT2D eigenvalue weighted by atomic mass is 9.82. The van der Waals surface area contributed by atoms with Gasteiger partial charge in [-0.2, -0.15) is 0 Å². The van der Waals surface area contributed by atoms with E-state index in [1.807, 2.05) is 36.4 Å². The molecule has 0 radical (unpaired) electrons. The van der Waals surface area contributed by atoms with Crippen LogP contribution < -0.4 is 16.2 Å². The Bertz CT molecular complexity index is 845. The van der Waals surface area contributed by atoms with Crippen LogP contribution in [-0.4, -0.2) is 17.1 Å². The fraction of sp³-hybridized carbons (Fsp3) is 0.400. The molecule has 1 saturated carbocycles. The Morgan fingerprint density at radius 1 is 1.23 bits per heavy atom. The van der Waals surface area contributed by atoms with Gasteiger partial charge in [-0.05, 0) is 30.4 Å². The van der Waals surface area contributed by atoms with Gasteiger partial charge in [0.1, 0.15) is 12.3 Å². The second kappa shape index (κ2) is 6.86. The molecule has 1 fully saturated rings. The predicted molar refractivity (Wildman–Crippen MR) is 98.9 cm³/mol. The fourth-order valence-electron chi connectivity index (χ4n) is 3.79. The van der Waals surface area contributed by atoms with Gasteiger partial charge in [0.2, 0.25) is 0 Å². The zero-order valence-electron chi connectivity index (χ0n) is 14.7. The highest BCUT2D eigenvalue weighted by atomic mass is 16.5. The van der Waals surface area contributed by atoms with Gasteiger partial charge in [0.25, 0.3) is 5.56 Å². The van der Waals surface area contributed by atoms with Crippen LogP contribution in [0, 0.1) is 11.8 Å². The first-order chi connectivity index (χ1) is 12.6. The minimum absolute atomic E-state index is 0.149. The molecule has 0 spiro atoms. The van der Waals surface area contributed by atoms with Crippen LogP contribution in [0.5, 0.6) is 0 Å². The first-order valence-electron chi connectivity index (χ1n) is 9.09. The van der Waals surface area contributed by atoms with E-state index in [0.717, 1.165) is 24.0 Å². The number of hydrogen-bond donors (Lipinski definition) is 3. The Morgan fingerprint density at radius 3 is 2.73 bits per heavy atom. The van der Waals surface area contributed by atoms with E-state index in [1.54, 1.807) is 6.20 Å². The number of benzene rings is 1. The maximum Gasteiger partial charge on any atom is 0.407 e. The minimum Gasteiger partial charge on any atom is -0.445 e. The molecule has 2 aliphatic rings. The third kappa shape index (κ3) is 3.31. The minimum atomic E-state index is -0.464. The molecule has 6 nitrogen and oxygen atoms in total. The van der Waals surface area contributed by atoms with Crippen molar-refractivity contribution >= 4 is 11.8 Å². The summed E-state index contributed by atoms with van der Waals surface area (Å²) in [5, 5.41) is 6.38. The van der Waals surface area contributed by atoms with Crippen molar-refractivity contribution in [2.45, 2.75) is 38.5 Å². The fourth-order valence-corrected chi connectivity index (χ4v) is 3.79. The lowest BCUT2D eigenvalue weighted by Gasteiger charge is -2.38. The number of carbonyl (C=O) groups is 1. The molecule has 1 unspecified atom stereocenters. The van der Waals surface area contributed by atoms with Crippen LogP contribution in [0.2, 0.25) is 0 Å². The zero-order chi connectivity index (χ0) is 18.1. The molecule has 3 atom stereocenters. The van der Waals surface area contributed by atoms with Gasteiger partial charge in [0.15, 0.2) is 0 Å². The molecule has 26 heavy (non-hydrogen) atoms. The van der Waals surface area contributed by atoms with Gasteiger partial charge in [-0.3, -0.25) is 4.79 Å². The van der Waals surface area contributed by atoms with Crippen molar-refractivity contribution in [3.05, 3.63) is 64.1 Å². The Hall–Kier alpha value is -2.76. The maximum absolute atomic E-state index is 12.4. The van der Waals surface area contributed by atoms with Crippen LogP contribution in [0.4, 0.5) is 10.5 Å². The molecule has 1 amide bonds. The summed E-state index contributed by atoms with van der Waals surface area (Å²) in [6.45, 7) is 2.34. The summed E-state index contributed by atoms with van der Waals surface area (Å²) in [5.41, 5.74) is 2.17. The molecule has 1 aliphatic heterocycles. The van der Waals surface area contributed by atoms with Gasteiger partial charge in [0.05, 0.1) is 6.04 Å². The highest BCUT2D eigenvalue weighted by Crippen LogP contribution is 2.44. The van der Waals surface area contributed by atoms with E-state index in [-0.39, 0.29) is 30.2 Å². The number of H-pyrrole nitrogens is 1. The van der Waals surface area contributed by atoms with Crippen LogP contribution in [0.3, 0.4) is 0 Å². The number of carbonyl (C=O) groups excluding carboxylic acids is 1. The maximum atomic E-state index is 12.4. The van der Waals surface area contributed by atoms with E-state index in [1.165, 1.54) is 0 Å². The van der Waals surface area contributed by atoms with E-state index in [9.17, 15) is 9.59 Å². The van der Waals surface area contributed by atoms with Crippen molar-refractivity contribution in [1.29, 1.82) is 0 Å². The van der Waals surface area contributed by atoms with E-state index in [2.05, 4.69) is 22.5 Å². The largest absolute Gasteiger partial charge is 0.445 e. The summed E-state index contributed by atoms with van der Waals surface area (Å²) in [5.74, 6) is 0.725. The summed E-state index contributed by atoms with van der Waals surface area (Å²) in [6.07, 6.45) is 3.48. The molecule has 136 valence electrons. The number of fused-ring (bicyclic) bond motifs is 1. The van der Waals surface area contributed by atoms with Crippen molar-refractivity contribution in [2.24, 2.45) is 11.8 Å². The van der Waals surface area contributed by atoms with Crippen molar-refractivity contribution in [1.82, 2.24) is 10.3 Å². The quantitative estimate of drug-likeness (QED) is 0.788. The normalized spacial score (nSPS) is 24.3. The summed E-state index contributed by atoms with van der Waals surface area (Å²) in [6, 6.07) is 11.4. The van der Waals surface area contributed by atoms with Crippen molar-refractivity contribution in [2.75, 3.05) is 5.32 Å². The Balaban J connectivity index is 1.51. The number of alkyl carbamates (subject to hydrolysis) is 1. The topological polar surface area (TPSA) is 83.2 Å². The first-order valence-corrected chi connectivity index (χ1v) is 9.09. The van der Waals surface area contributed by atoms with E-state index < -0.39 is 6.09 Å². The van der Waals surface area contributed by atoms with Crippen LogP contribution in [0.15, 0.2) is 47.4 Å². The average Bonchev–Trinajstić information content (AvgIpc) is 3.48. The summed E-state index contributed by atoms with van der Waals surface area (Å²) in [4.78, 5) is 27.3. The van der Waals surface area contributed by atoms with Gasteiger partial charge in [0, 0.05) is 23.7 Å². The van der Waals surface area contributed by atoms with Gasteiger partial charge >= 0.3 is 6.09 Å². The predicted octanol–water partition coefficient (Wildman–Crippen LogP) is 3.18. The van der Waals surface area contributed by atoms with Gasteiger partial charge in [-0.15, -0.1) is 0 Å². The van der Waals surface area contributed by atoms with Crippen molar-refractivity contribution in [3.63, 3.8) is 0 Å². The number of anilines is 1. The standard InChI is InChI=1S/C20H23N3O3/c1-12-16(14-7-8-14)22-18-15(9-10-21-19(18)24)17(12)23-20(25)26-11-13-5-3-2-4-6-13/h2-6,9-10,12,14,16-17,22H,7-8,11H2,1H3,(H,21,24)(H,23,25)/t12-,16+,17?/m0/s1. The molecule has 0 saturated heterocycles. The second-order valence-corrected chi connectivity index (χ2v) is 7.19. The van der Waals surface area contributed by atoms with E-state index in [4.69, 9.17) is 4.74 Å². The zero-order valence-corrected chi connectivity index (χ0v) is 14.7. The van der Waals surface area contributed by atoms with Gasteiger partial charge in [-0.25, -0.2) is 4.79 Å². The Morgan fingerprint density at radius 2 is 2.00 bits per heavy atom. The molecule has 1 aromatic carbocycles. The summed E-state index contributed by atoms with van der Waals surface area (Å²) in [7, 11) is 0. The lowest BCUT2D eigenvalue weighted by Crippen LogP contribution is -2.46. The summed E-state index contributed by atoms with van der Waals surface area (Å²) >= 11 is 0. The molecule has 1 aromatic heterocycles. The Kier molecular flexibility index (Phi) is 4.41. The molecule has 1 aliphatic carbocycles. The number of aromatic amines is 1. The average molecular weight is 353 g/mol. The third-order valence-corrected chi connectivity index (χ3v) is 5.35. The number of ether oxygens (including phenoxy) is 1. The molecular weight excluding hydrogens is 330 g/mol. The first kappa shape index (κ1) is 16.7. The lowest BCUT2D eigenvalue weighted by molar-refractivity contribution is 0.130. The molecule has 2 heterocycles. The molecule has 2 aromatic rings. The molecular formula is C20H23N3O3. The highest BCUT2D eigenvalue weighted by molar-refractivity contribution is 5.69. The highest BCUT2D eigenvalue weighted by Gasteiger charge is 2.43. The third-order valence-electron chi connectivity index (χ3n) is 5.35. The van der Waals surface area contributed by atoms with Gasteiger partial charge < -0.3 is 20.4 Å². The number of rotatable bonds is 4. The van der Waals surface area contributed by atoms with Crippen LogP contribution in [-0.2, 0) is 11.3 Å². The smallest absolute Gasteiger partial charge is 0.407 e. The molecule has 4 rings (SSSR count). The van der Waals surface area contributed by atoms with Crippen molar-refractivity contribution in [3.8, 4) is 0 Å². The van der Waals surface area contributed by atoms with E-state index >= 15 is 0 Å². The summed E-state index contributed by atoms with van der Waals surface area (Å²) < 4.78 is 5.38. The van der Waals surface area contributed by atoms with Crippen molar-refractivity contribution < 1.29 is 9.53 Å². The molecule has 6 heteroatoms. The number of pyridine rings is 1. The van der Waals surface area contributed by atoms with Gasteiger partial charge in [-0.1, -0.05) is 37.3 Å².